The summed E-state index contributed by atoms with van der Waals surface area (Å²) in [5, 5.41) is 1.09. The fourth-order valence-corrected chi connectivity index (χ4v) is 6.54. The number of fused-ring (bicyclic) bond motifs is 1. The van der Waals surface area contributed by atoms with Crippen LogP contribution in [0.2, 0.25) is 0 Å². The zero-order valence-electron chi connectivity index (χ0n) is 20.6. The number of hydrogen-bond acceptors (Lipinski definition) is 6. The van der Waals surface area contributed by atoms with Gasteiger partial charge < -0.3 is 4.90 Å². The van der Waals surface area contributed by atoms with Crippen LogP contribution >= 0.6 is 11.3 Å². The molecule has 37 heavy (non-hydrogen) atoms. The van der Waals surface area contributed by atoms with E-state index in [4.69, 9.17) is 4.98 Å². The number of amides is 3. The third kappa shape index (κ3) is 4.63. The van der Waals surface area contributed by atoms with E-state index in [1.54, 1.807) is 23.7 Å². The van der Waals surface area contributed by atoms with Crippen LogP contribution < -0.4 is 0 Å². The highest BCUT2D eigenvalue weighted by Crippen LogP contribution is 2.38. The highest BCUT2D eigenvalue weighted by molar-refractivity contribution is 7.18. The zero-order chi connectivity index (χ0) is 25.2. The highest BCUT2D eigenvalue weighted by Gasteiger charge is 2.57. The molecular formula is C29H29N5O2S. The lowest BCUT2D eigenvalue weighted by Gasteiger charge is -2.42. The Kier molecular flexibility index (Phi) is 6.44. The number of urea groups is 1. The number of aromatic nitrogens is 2. The minimum atomic E-state index is -0.793. The van der Waals surface area contributed by atoms with E-state index in [0.29, 0.717) is 19.4 Å². The van der Waals surface area contributed by atoms with Gasteiger partial charge in [-0.15, -0.1) is 11.3 Å². The van der Waals surface area contributed by atoms with Crippen molar-refractivity contribution >= 4 is 33.5 Å². The van der Waals surface area contributed by atoms with Gasteiger partial charge in [-0.1, -0.05) is 48.5 Å². The summed E-state index contributed by atoms with van der Waals surface area (Å²) in [4.78, 5) is 42.2. The third-order valence-electron chi connectivity index (χ3n) is 7.53. The smallest absolute Gasteiger partial charge is 0.309 e. The van der Waals surface area contributed by atoms with Crippen molar-refractivity contribution in [2.75, 3.05) is 19.6 Å². The van der Waals surface area contributed by atoms with E-state index in [1.165, 1.54) is 9.60 Å². The summed E-state index contributed by atoms with van der Waals surface area (Å²) in [6.45, 7) is 3.04. The molecule has 7 nitrogen and oxygen atoms in total. The summed E-state index contributed by atoms with van der Waals surface area (Å²) in [6.07, 6.45) is 5.39. The predicted octanol–water partition coefficient (Wildman–Crippen LogP) is 4.73. The van der Waals surface area contributed by atoms with Gasteiger partial charge in [0.05, 0.1) is 23.3 Å². The Morgan fingerprint density at radius 1 is 0.865 bits per heavy atom. The van der Waals surface area contributed by atoms with Gasteiger partial charge in [-0.05, 0) is 48.6 Å². The molecule has 2 aliphatic heterocycles. The Morgan fingerprint density at radius 2 is 1.62 bits per heavy atom. The first-order valence-corrected chi connectivity index (χ1v) is 13.6. The number of likely N-dealkylation sites (tertiary alicyclic amines) is 1. The molecule has 3 amide bonds. The first-order chi connectivity index (χ1) is 18.1. The van der Waals surface area contributed by atoms with Crippen LogP contribution in [0.15, 0.2) is 79.1 Å². The van der Waals surface area contributed by atoms with E-state index in [-0.39, 0.29) is 18.5 Å². The zero-order valence-corrected chi connectivity index (χ0v) is 21.4. The quantitative estimate of drug-likeness (QED) is 0.336. The van der Waals surface area contributed by atoms with Crippen LogP contribution in [0, 0.1) is 0 Å². The van der Waals surface area contributed by atoms with Gasteiger partial charge in [-0.2, -0.15) is 0 Å². The molecule has 0 aliphatic carbocycles. The lowest BCUT2D eigenvalue weighted by molar-refractivity contribution is -0.136. The monoisotopic (exact) mass is 511 g/mol. The Labute approximate surface area is 220 Å². The minimum Gasteiger partial charge on any atom is -0.309 e. The molecule has 4 aromatic rings. The second-order valence-electron chi connectivity index (χ2n) is 9.81. The maximum Gasteiger partial charge on any atom is 0.328 e. The highest BCUT2D eigenvalue weighted by atomic mass is 32.1. The first kappa shape index (κ1) is 23.8. The van der Waals surface area contributed by atoms with Crippen LogP contribution in [0.1, 0.15) is 29.0 Å². The van der Waals surface area contributed by atoms with Crippen LogP contribution in [-0.2, 0) is 24.3 Å². The lowest BCUT2D eigenvalue weighted by Crippen LogP contribution is -2.56. The summed E-state index contributed by atoms with van der Waals surface area (Å²) < 4.78 is 1.20. The Bertz CT molecular complexity index is 1370. The maximum atomic E-state index is 13.9. The number of nitrogens with zero attached hydrogens (tertiary/aromatic N) is 5. The average Bonchev–Trinajstić information content (AvgIpc) is 3.42. The van der Waals surface area contributed by atoms with Gasteiger partial charge in [0, 0.05) is 32.0 Å². The number of rotatable bonds is 7. The van der Waals surface area contributed by atoms with Crippen molar-refractivity contribution in [3.63, 3.8) is 0 Å². The van der Waals surface area contributed by atoms with Crippen molar-refractivity contribution in [2.45, 2.75) is 37.9 Å². The van der Waals surface area contributed by atoms with E-state index < -0.39 is 5.54 Å². The number of pyridine rings is 1. The first-order valence-electron chi connectivity index (χ1n) is 12.8. The molecule has 2 aromatic carbocycles. The number of carbonyl (C=O) groups is 2. The minimum absolute atomic E-state index is 0.0750. The van der Waals surface area contributed by atoms with Crippen molar-refractivity contribution in [3.05, 3.63) is 95.3 Å². The van der Waals surface area contributed by atoms with Gasteiger partial charge in [0.2, 0.25) is 0 Å². The molecule has 6 rings (SSSR count). The summed E-state index contributed by atoms with van der Waals surface area (Å²) in [5.74, 6) is -0.0750. The molecule has 0 atom stereocenters. The summed E-state index contributed by atoms with van der Waals surface area (Å²) in [6, 6.07) is 21.9. The molecule has 2 aromatic heterocycles. The number of imide groups is 1. The molecule has 2 fully saturated rings. The molecule has 0 saturated carbocycles. The van der Waals surface area contributed by atoms with Gasteiger partial charge in [0.1, 0.15) is 10.5 Å². The van der Waals surface area contributed by atoms with E-state index in [0.717, 1.165) is 47.7 Å². The number of piperidine rings is 1. The van der Waals surface area contributed by atoms with Crippen molar-refractivity contribution in [2.24, 2.45) is 0 Å². The largest absolute Gasteiger partial charge is 0.328 e. The van der Waals surface area contributed by atoms with Gasteiger partial charge in [-0.25, -0.2) is 9.78 Å². The molecule has 8 heteroatoms. The standard InChI is InChI=1S/C29H29N5O2S/c35-27-29(13-17-32(18-14-29)21-26-31-24-10-4-5-11-25(24)37-26)34(16-12-22-7-2-1-3-8-22)28(36)33(27)20-23-9-6-15-30-19-23/h1-11,15,19H,12-14,16-18,20-21H2. The van der Waals surface area contributed by atoms with Crippen LogP contribution in [0.4, 0.5) is 4.79 Å². The van der Waals surface area contributed by atoms with Gasteiger partial charge >= 0.3 is 6.03 Å². The second kappa shape index (κ2) is 10.0. The normalized spacial score (nSPS) is 17.8. The fourth-order valence-electron chi connectivity index (χ4n) is 5.53. The Hall–Kier alpha value is -3.62. The van der Waals surface area contributed by atoms with Crippen LogP contribution in [0.3, 0.4) is 0 Å². The van der Waals surface area contributed by atoms with E-state index >= 15 is 0 Å². The van der Waals surface area contributed by atoms with E-state index in [2.05, 4.69) is 28.1 Å². The lowest BCUT2D eigenvalue weighted by atomic mass is 9.85. The van der Waals surface area contributed by atoms with Crippen molar-refractivity contribution < 1.29 is 9.59 Å². The average molecular weight is 512 g/mol. The molecule has 188 valence electrons. The van der Waals surface area contributed by atoms with Gasteiger partial charge in [0.25, 0.3) is 5.91 Å². The molecule has 0 unspecified atom stereocenters. The third-order valence-corrected chi connectivity index (χ3v) is 8.55. The number of benzene rings is 2. The molecule has 1 spiro atoms. The molecule has 2 saturated heterocycles. The molecule has 2 aliphatic rings. The van der Waals surface area contributed by atoms with E-state index in [9.17, 15) is 9.59 Å². The molecule has 0 bridgehead atoms. The number of hydrogen-bond donors (Lipinski definition) is 0. The topological polar surface area (TPSA) is 69.6 Å². The van der Waals surface area contributed by atoms with Crippen molar-refractivity contribution in [3.8, 4) is 0 Å². The van der Waals surface area contributed by atoms with Gasteiger partial charge in [-0.3, -0.25) is 19.6 Å². The molecule has 0 N–H and O–H groups in total. The Morgan fingerprint density at radius 3 is 2.38 bits per heavy atom. The van der Waals surface area contributed by atoms with Crippen LogP contribution in [0.25, 0.3) is 10.2 Å². The number of carbonyl (C=O) groups excluding carboxylic acids is 2. The van der Waals surface area contributed by atoms with Gasteiger partial charge in [0.15, 0.2) is 0 Å². The SMILES string of the molecule is O=C1N(Cc2cccnc2)C(=O)C2(CCN(Cc3nc4ccccc4s3)CC2)N1CCc1ccccc1. The van der Waals surface area contributed by atoms with Crippen LogP contribution in [0.5, 0.6) is 0 Å². The molecular weight excluding hydrogens is 482 g/mol. The second-order valence-corrected chi connectivity index (χ2v) is 10.9. The van der Waals surface area contributed by atoms with Crippen molar-refractivity contribution in [1.82, 2.24) is 24.7 Å². The maximum absolute atomic E-state index is 13.9. The number of thiazole rings is 1. The number of para-hydroxylation sites is 1. The predicted molar refractivity (Wildman–Crippen MR) is 144 cm³/mol. The summed E-state index contributed by atoms with van der Waals surface area (Å²) in [5.41, 5.74) is 2.26. The van der Waals surface area contributed by atoms with Crippen LogP contribution in [-0.4, -0.2) is 61.8 Å². The molecule has 4 heterocycles. The summed E-state index contributed by atoms with van der Waals surface area (Å²) >= 11 is 1.73. The van der Waals surface area contributed by atoms with E-state index in [1.807, 2.05) is 53.4 Å². The molecule has 0 radical (unpaired) electrons. The Balaban J connectivity index is 1.21. The fraction of sp³-hybridized carbons (Fsp3) is 0.310. The van der Waals surface area contributed by atoms with Crippen molar-refractivity contribution in [1.29, 1.82) is 0 Å². The summed E-state index contributed by atoms with van der Waals surface area (Å²) in [7, 11) is 0.